The molecule has 0 radical (unpaired) electrons. The number of aromatic nitrogens is 1. The summed E-state index contributed by atoms with van der Waals surface area (Å²) >= 11 is 11.5. The van der Waals surface area contributed by atoms with E-state index in [2.05, 4.69) is 10.3 Å². The number of hydrogen-bond donors (Lipinski definition) is 1. The molecule has 20 heavy (non-hydrogen) atoms. The smallest absolute Gasteiger partial charge is 0.381 e. The molecular weight excluding hydrogens is 312 g/mol. The highest BCUT2D eigenvalue weighted by Gasteiger charge is 2.33. The Morgan fingerprint density at radius 3 is 2.50 bits per heavy atom. The second-order valence-electron chi connectivity index (χ2n) is 4.01. The summed E-state index contributed by atoms with van der Waals surface area (Å²) in [6.45, 7) is 0.292. The first-order valence-corrected chi connectivity index (χ1v) is 6.32. The minimum absolute atomic E-state index is 0.292. The molecule has 106 valence electrons. The van der Waals surface area contributed by atoms with Crippen molar-refractivity contribution in [2.75, 3.05) is 5.32 Å². The summed E-state index contributed by atoms with van der Waals surface area (Å²) < 4.78 is 38.1. The third-order valence-electron chi connectivity index (χ3n) is 2.61. The molecule has 1 aromatic heterocycles. The molecule has 2 rings (SSSR count). The quantitative estimate of drug-likeness (QED) is 0.859. The Balaban J connectivity index is 2.17. The molecule has 0 atom stereocenters. The van der Waals surface area contributed by atoms with Gasteiger partial charge in [0.25, 0.3) is 0 Å². The summed E-state index contributed by atoms with van der Waals surface area (Å²) in [5, 5.41) is 2.99. The zero-order chi connectivity index (χ0) is 14.8. The highest BCUT2D eigenvalue weighted by molar-refractivity contribution is 6.31. The van der Waals surface area contributed by atoms with Crippen LogP contribution in [0, 0.1) is 0 Å². The van der Waals surface area contributed by atoms with Crippen LogP contribution in [-0.2, 0) is 12.7 Å². The summed E-state index contributed by atoms with van der Waals surface area (Å²) in [6.07, 6.45) is -1.45. The first kappa shape index (κ1) is 14.9. The Morgan fingerprint density at radius 2 is 1.85 bits per heavy atom. The number of benzene rings is 1. The summed E-state index contributed by atoms with van der Waals surface area (Å²) in [4.78, 5) is 3.83. The van der Waals surface area contributed by atoms with Gasteiger partial charge < -0.3 is 5.32 Å². The Morgan fingerprint density at radius 1 is 1.10 bits per heavy atom. The van der Waals surface area contributed by atoms with E-state index in [0.717, 1.165) is 11.6 Å². The van der Waals surface area contributed by atoms with Crippen LogP contribution in [0.15, 0.2) is 36.7 Å². The standard InChI is InChI=1S/C13H9Cl2F3N2/c14-11-2-1-9(5-10(11)13(16,17)18)20-6-8-3-4-19-7-12(8)15/h1-5,7,20H,6H2. The van der Waals surface area contributed by atoms with Crippen molar-refractivity contribution in [1.29, 1.82) is 0 Å². The van der Waals surface area contributed by atoms with Gasteiger partial charge in [0.05, 0.1) is 15.6 Å². The zero-order valence-electron chi connectivity index (χ0n) is 10.0. The lowest BCUT2D eigenvalue weighted by Gasteiger charge is -2.12. The SMILES string of the molecule is FC(F)(F)c1cc(NCc2ccncc2Cl)ccc1Cl. The second kappa shape index (κ2) is 5.89. The molecule has 1 heterocycles. The Hall–Kier alpha value is -1.46. The number of pyridine rings is 1. The van der Waals surface area contributed by atoms with Gasteiger partial charge in [0.2, 0.25) is 0 Å². The topological polar surface area (TPSA) is 24.9 Å². The largest absolute Gasteiger partial charge is 0.417 e. The van der Waals surface area contributed by atoms with Gasteiger partial charge in [-0.05, 0) is 29.8 Å². The molecule has 0 saturated heterocycles. The van der Waals surface area contributed by atoms with Crippen LogP contribution < -0.4 is 5.32 Å². The van der Waals surface area contributed by atoms with Crippen molar-refractivity contribution in [1.82, 2.24) is 4.98 Å². The molecular formula is C13H9Cl2F3N2. The fraction of sp³-hybridized carbons (Fsp3) is 0.154. The van der Waals surface area contributed by atoms with E-state index >= 15 is 0 Å². The first-order chi connectivity index (χ1) is 9.38. The van der Waals surface area contributed by atoms with E-state index in [0.29, 0.717) is 17.3 Å². The van der Waals surface area contributed by atoms with Crippen LogP contribution in [0.3, 0.4) is 0 Å². The average Bonchev–Trinajstić information content (AvgIpc) is 2.38. The van der Waals surface area contributed by atoms with Crippen LogP contribution >= 0.6 is 23.2 Å². The van der Waals surface area contributed by atoms with Crippen LogP contribution in [0.5, 0.6) is 0 Å². The van der Waals surface area contributed by atoms with Gasteiger partial charge in [0, 0.05) is 24.6 Å². The van der Waals surface area contributed by atoms with Gasteiger partial charge in [-0.3, -0.25) is 4.98 Å². The second-order valence-corrected chi connectivity index (χ2v) is 4.83. The molecule has 0 amide bonds. The summed E-state index contributed by atoms with van der Waals surface area (Å²) in [5.41, 5.74) is 0.185. The van der Waals surface area contributed by atoms with Crippen molar-refractivity contribution >= 4 is 28.9 Å². The maximum Gasteiger partial charge on any atom is 0.417 e. The highest BCUT2D eigenvalue weighted by atomic mass is 35.5. The number of rotatable bonds is 3. The van der Waals surface area contributed by atoms with E-state index < -0.39 is 11.7 Å². The van der Waals surface area contributed by atoms with Gasteiger partial charge in [-0.15, -0.1) is 0 Å². The van der Waals surface area contributed by atoms with E-state index in [9.17, 15) is 13.2 Å². The zero-order valence-corrected chi connectivity index (χ0v) is 11.5. The number of hydrogen-bond acceptors (Lipinski definition) is 2. The molecule has 0 aliphatic heterocycles. The van der Waals surface area contributed by atoms with Crippen LogP contribution in [0.25, 0.3) is 0 Å². The van der Waals surface area contributed by atoms with Crippen molar-refractivity contribution in [2.24, 2.45) is 0 Å². The monoisotopic (exact) mass is 320 g/mol. The highest BCUT2D eigenvalue weighted by Crippen LogP contribution is 2.36. The van der Waals surface area contributed by atoms with Gasteiger partial charge in [-0.25, -0.2) is 0 Å². The normalized spacial score (nSPS) is 11.4. The van der Waals surface area contributed by atoms with Gasteiger partial charge in [0.15, 0.2) is 0 Å². The number of alkyl halides is 3. The van der Waals surface area contributed by atoms with Crippen LogP contribution in [0.1, 0.15) is 11.1 Å². The molecule has 0 saturated carbocycles. The third kappa shape index (κ3) is 3.55. The van der Waals surface area contributed by atoms with Crippen LogP contribution in [0.2, 0.25) is 10.0 Å². The molecule has 0 bridgehead atoms. The maximum atomic E-state index is 12.7. The number of halogens is 5. The minimum atomic E-state index is -4.48. The molecule has 0 fully saturated rings. The lowest BCUT2D eigenvalue weighted by molar-refractivity contribution is -0.137. The Kier molecular flexibility index (Phi) is 4.40. The number of nitrogens with one attached hydrogen (secondary N) is 1. The van der Waals surface area contributed by atoms with Crippen molar-refractivity contribution in [3.8, 4) is 0 Å². The molecule has 2 aromatic rings. The van der Waals surface area contributed by atoms with E-state index in [1.165, 1.54) is 18.3 Å². The van der Waals surface area contributed by atoms with E-state index in [1.54, 1.807) is 12.3 Å². The number of anilines is 1. The molecule has 0 aliphatic rings. The van der Waals surface area contributed by atoms with Gasteiger partial charge >= 0.3 is 6.18 Å². The predicted octanol–water partition coefficient (Wildman–Crippen LogP) is 5.02. The van der Waals surface area contributed by atoms with Gasteiger partial charge in [0.1, 0.15) is 0 Å². The molecule has 0 spiro atoms. The first-order valence-electron chi connectivity index (χ1n) is 5.57. The van der Waals surface area contributed by atoms with Crippen molar-refractivity contribution in [2.45, 2.75) is 12.7 Å². The molecule has 1 aromatic carbocycles. The Bertz CT molecular complexity index is 615. The summed E-state index contributed by atoms with van der Waals surface area (Å²) in [7, 11) is 0. The van der Waals surface area contributed by atoms with E-state index in [4.69, 9.17) is 23.2 Å². The van der Waals surface area contributed by atoms with E-state index in [-0.39, 0.29) is 5.02 Å². The van der Waals surface area contributed by atoms with E-state index in [1.807, 2.05) is 0 Å². The predicted molar refractivity (Wildman–Crippen MR) is 73.0 cm³/mol. The molecule has 0 aliphatic carbocycles. The van der Waals surface area contributed by atoms with Crippen LogP contribution in [0.4, 0.5) is 18.9 Å². The van der Waals surface area contributed by atoms with Crippen molar-refractivity contribution < 1.29 is 13.2 Å². The fourth-order valence-corrected chi connectivity index (χ4v) is 2.01. The minimum Gasteiger partial charge on any atom is -0.381 e. The lowest BCUT2D eigenvalue weighted by Crippen LogP contribution is -2.07. The number of nitrogens with zero attached hydrogens (tertiary/aromatic N) is 1. The Labute approximate surface area is 123 Å². The fourth-order valence-electron chi connectivity index (χ4n) is 1.60. The lowest BCUT2D eigenvalue weighted by atomic mass is 10.2. The molecule has 2 nitrogen and oxygen atoms in total. The van der Waals surface area contributed by atoms with Crippen LogP contribution in [-0.4, -0.2) is 4.98 Å². The molecule has 7 heteroatoms. The average molecular weight is 321 g/mol. The molecule has 1 N–H and O–H groups in total. The summed E-state index contributed by atoms with van der Waals surface area (Å²) in [6, 6.07) is 5.35. The maximum absolute atomic E-state index is 12.7. The van der Waals surface area contributed by atoms with Gasteiger partial charge in [-0.2, -0.15) is 13.2 Å². The van der Waals surface area contributed by atoms with Crippen molar-refractivity contribution in [3.05, 3.63) is 57.8 Å². The third-order valence-corrected chi connectivity index (χ3v) is 3.28. The van der Waals surface area contributed by atoms with Gasteiger partial charge in [-0.1, -0.05) is 23.2 Å². The van der Waals surface area contributed by atoms with Crippen molar-refractivity contribution in [3.63, 3.8) is 0 Å². The molecule has 0 unspecified atom stereocenters. The summed E-state index contributed by atoms with van der Waals surface area (Å²) in [5.74, 6) is 0.